The molecule has 100 valence electrons. The van der Waals surface area contributed by atoms with Crippen LogP contribution >= 0.6 is 15.9 Å². The first-order chi connectivity index (χ1) is 9.10. The van der Waals surface area contributed by atoms with E-state index in [-0.39, 0.29) is 0 Å². The molecule has 0 aliphatic heterocycles. The quantitative estimate of drug-likeness (QED) is 0.816. The van der Waals surface area contributed by atoms with Crippen LogP contribution in [0, 0.1) is 13.8 Å². The minimum atomic E-state index is 0.547. The number of benzene rings is 2. The minimum Gasteiger partial charge on any atom is -0.496 e. The summed E-state index contributed by atoms with van der Waals surface area (Å²) < 4.78 is 11.9. The van der Waals surface area contributed by atoms with E-state index in [2.05, 4.69) is 41.9 Å². The number of hydrogen-bond donors (Lipinski definition) is 0. The molecule has 0 bridgehead atoms. The van der Waals surface area contributed by atoms with Crippen molar-refractivity contribution in [1.29, 1.82) is 0 Å². The molecule has 2 aromatic rings. The van der Waals surface area contributed by atoms with Crippen LogP contribution < -0.4 is 9.47 Å². The number of aryl methyl sites for hydroxylation is 2. The maximum Gasteiger partial charge on any atom is 0.133 e. The van der Waals surface area contributed by atoms with Gasteiger partial charge in [0.2, 0.25) is 0 Å². The predicted molar refractivity (Wildman–Crippen MR) is 80.9 cm³/mol. The zero-order chi connectivity index (χ0) is 13.8. The third kappa shape index (κ3) is 3.51. The van der Waals surface area contributed by atoms with Gasteiger partial charge in [0.25, 0.3) is 0 Å². The highest BCUT2D eigenvalue weighted by Crippen LogP contribution is 2.26. The Labute approximate surface area is 122 Å². The van der Waals surface area contributed by atoms with Gasteiger partial charge >= 0.3 is 0 Å². The van der Waals surface area contributed by atoms with Gasteiger partial charge in [0.05, 0.1) is 11.6 Å². The third-order valence-electron chi connectivity index (χ3n) is 3.10. The molecule has 3 heteroatoms. The molecule has 0 aromatic heterocycles. The summed E-state index contributed by atoms with van der Waals surface area (Å²) in [6.45, 7) is 4.73. The molecule has 0 spiro atoms. The first-order valence-electron chi connectivity index (χ1n) is 6.12. The summed E-state index contributed by atoms with van der Waals surface area (Å²) in [6.07, 6.45) is 0. The lowest BCUT2D eigenvalue weighted by molar-refractivity contribution is 0.305. The number of rotatable bonds is 4. The lowest BCUT2D eigenvalue weighted by atomic mass is 10.1. The highest BCUT2D eigenvalue weighted by atomic mass is 79.9. The fourth-order valence-electron chi connectivity index (χ4n) is 1.77. The van der Waals surface area contributed by atoms with Crippen molar-refractivity contribution in [1.82, 2.24) is 0 Å². The predicted octanol–water partition coefficient (Wildman–Crippen LogP) is 4.65. The SMILES string of the molecule is COc1ccc(COc2ccc(C)c(C)c2)cc1Br. The summed E-state index contributed by atoms with van der Waals surface area (Å²) in [6, 6.07) is 12.1. The smallest absolute Gasteiger partial charge is 0.133 e. The average Bonchev–Trinajstić information content (AvgIpc) is 2.40. The van der Waals surface area contributed by atoms with Crippen LogP contribution in [0.2, 0.25) is 0 Å². The van der Waals surface area contributed by atoms with Crippen molar-refractivity contribution in [3.63, 3.8) is 0 Å². The molecular formula is C16H17BrO2. The molecule has 0 heterocycles. The van der Waals surface area contributed by atoms with Crippen molar-refractivity contribution < 1.29 is 9.47 Å². The summed E-state index contributed by atoms with van der Waals surface area (Å²) in [5.74, 6) is 1.73. The standard InChI is InChI=1S/C16H17BrO2/c1-11-4-6-14(8-12(11)2)19-10-13-5-7-16(18-3)15(17)9-13/h4-9H,10H2,1-3H3. The van der Waals surface area contributed by atoms with Crippen LogP contribution in [0.5, 0.6) is 11.5 Å². The van der Waals surface area contributed by atoms with Crippen LogP contribution in [0.4, 0.5) is 0 Å². The molecule has 0 aliphatic rings. The Hall–Kier alpha value is -1.48. The molecule has 0 amide bonds. The van der Waals surface area contributed by atoms with Crippen LogP contribution in [0.25, 0.3) is 0 Å². The van der Waals surface area contributed by atoms with Crippen LogP contribution in [-0.4, -0.2) is 7.11 Å². The van der Waals surface area contributed by atoms with Crippen molar-refractivity contribution in [2.24, 2.45) is 0 Å². The highest BCUT2D eigenvalue weighted by molar-refractivity contribution is 9.10. The fourth-order valence-corrected chi connectivity index (χ4v) is 2.36. The van der Waals surface area contributed by atoms with Gasteiger partial charge in [0.1, 0.15) is 18.1 Å². The van der Waals surface area contributed by atoms with Gasteiger partial charge in [-0.15, -0.1) is 0 Å². The van der Waals surface area contributed by atoms with Gasteiger partial charge in [0.15, 0.2) is 0 Å². The number of methoxy groups -OCH3 is 1. The van der Waals surface area contributed by atoms with Crippen LogP contribution in [0.1, 0.15) is 16.7 Å². The molecule has 0 fully saturated rings. The number of hydrogen-bond acceptors (Lipinski definition) is 2. The normalized spacial score (nSPS) is 10.3. The Kier molecular flexibility index (Phi) is 4.48. The van der Waals surface area contributed by atoms with Crippen LogP contribution in [-0.2, 0) is 6.61 Å². The van der Waals surface area contributed by atoms with Gasteiger partial charge < -0.3 is 9.47 Å². The van der Waals surface area contributed by atoms with Crippen molar-refractivity contribution in [3.8, 4) is 11.5 Å². The molecule has 0 atom stereocenters. The molecule has 0 N–H and O–H groups in total. The molecule has 2 nitrogen and oxygen atoms in total. The summed E-state index contributed by atoms with van der Waals surface area (Å²) in [4.78, 5) is 0. The van der Waals surface area contributed by atoms with Crippen LogP contribution in [0.3, 0.4) is 0 Å². The third-order valence-corrected chi connectivity index (χ3v) is 3.72. The highest BCUT2D eigenvalue weighted by Gasteiger charge is 2.03. The Bertz CT molecular complexity index is 579. The summed E-state index contributed by atoms with van der Waals surface area (Å²) in [5, 5.41) is 0. The molecule has 0 saturated heterocycles. The number of ether oxygens (including phenoxy) is 2. The topological polar surface area (TPSA) is 18.5 Å². The monoisotopic (exact) mass is 320 g/mol. The number of halogens is 1. The maximum absolute atomic E-state index is 5.79. The van der Waals surface area contributed by atoms with Crippen LogP contribution in [0.15, 0.2) is 40.9 Å². The van der Waals surface area contributed by atoms with E-state index in [4.69, 9.17) is 9.47 Å². The second-order valence-corrected chi connectivity index (χ2v) is 5.36. The van der Waals surface area contributed by atoms with Crippen molar-refractivity contribution in [2.75, 3.05) is 7.11 Å². The summed E-state index contributed by atoms with van der Waals surface area (Å²) in [5.41, 5.74) is 3.62. The van der Waals surface area contributed by atoms with E-state index in [0.717, 1.165) is 21.5 Å². The van der Waals surface area contributed by atoms with Gasteiger partial charge in [-0.1, -0.05) is 12.1 Å². The van der Waals surface area contributed by atoms with E-state index in [1.54, 1.807) is 7.11 Å². The van der Waals surface area contributed by atoms with Gasteiger partial charge in [0, 0.05) is 0 Å². The second-order valence-electron chi connectivity index (χ2n) is 4.50. The molecule has 2 aromatic carbocycles. The molecular weight excluding hydrogens is 304 g/mol. The zero-order valence-corrected chi connectivity index (χ0v) is 13.0. The van der Waals surface area contributed by atoms with E-state index in [0.29, 0.717) is 6.61 Å². The van der Waals surface area contributed by atoms with E-state index >= 15 is 0 Å². The lowest BCUT2D eigenvalue weighted by Gasteiger charge is -2.10. The van der Waals surface area contributed by atoms with Gasteiger partial charge in [-0.3, -0.25) is 0 Å². The van der Waals surface area contributed by atoms with Crippen molar-refractivity contribution in [3.05, 3.63) is 57.6 Å². The van der Waals surface area contributed by atoms with Gasteiger partial charge in [-0.05, 0) is 70.7 Å². The van der Waals surface area contributed by atoms with E-state index in [1.807, 2.05) is 24.3 Å². The average molecular weight is 321 g/mol. The molecule has 19 heavy (non-hydrogen) atoms. The van der Waals surface area contributed by atoms with E-state index in [9.17, 15) is 0 Å². The molecule has 0 radical (unpaired) electrons. The van der Waals surface area contributed by atoms with Gasteiger partial charge in [-0.25, -0.2) is 0 Å². The largest absolute Gasteiger partial charge is 0.496 e. The van der Waals surface area contributed by atoms with Crippen molar-refractivity contribution >= 4 is 15.9 Å². The molecule has 0 unspecified atom stereocenters. The summed E-state index contributed by atoms with van der Waals surface area (Å²) >= 11 is 3.47. The second kappa shape index (κ2) is 6.11. The molecule has 0 saturated carbocycles. The summed E-state index contributed by atoms with van der Waals surface area (Å²) in [7, 11) is 1.66. The Morgan fingerprint density at radius 1 is 1.00 bits per heavy atom. The minimum absolute atomic E-state index is 0.547. The van der Waals surface area contributed by atoms with Crippen molar-refractivity contribution in [2.45, 2.75) is 20.5 Å². The maximum atomic E-state index is 5.79. The zero-order valence-electron chi connectivity index (χ0n) is 11.4. The molecule has 0 aliphatic carbocycles. The Morgan fingerprint density at radius 3 is 2.42 bits per heavy atom. The first-order valence-corrected chi connectivity index (χ1v) is 6.92. The Balaban J connectivity index is 2.05. The Morgan fingerprint density at radius 2 is 1.79 bits per heavy atom. The lowest BCUT2D eigenvalue weighted by Crippen LogP contribution is -1.96. The van der Waals surface area contributed by atoms with E-state index < -0.39 is 0 Å². The fraction of sp³-hybridized carbons (Fsp3) is 0.250. The van der Waals surface area contributed by atoms with Gasteiger partial charge in [-0.2, -0.15) is 0 Å². The van der Waals surface area contributed by atoms with E-state index in [1.165, 1.54) is 11.1 Å². The molecule has 2 rings (SSSR count). The first kappa shape index (κ1) is 13.9.